The van der Waals surface area contributed by atoms with Crippen LogP contribution < -0.4 is 9.97 Å². The fourth-order valence-corrected chi connectivity index (χ4v) is 7.63. The Balaban J connectivity index is 0.000000838. The number of hydrogen-bond donors (Lipinski definition) is 0. The van der Waals surface area contributed by atoms with Crippen LogP contribution in [0.2, 0.25) is 0 Å². The van der Waals surface area contributed by atoms with Crippen LogP contribution in [-0.2, 0) is 58.1 Å². The molecule has 0 saturated heterocycles. The normalized spacial score (nSPS) is 12.4. The van der Waals surface area contributed by atoms with Gasteiger partial charge in [-0.15, -0.1) is 22.1 Å². The van der Waals surface area contributed by atoms with E-state index in [9.17, 15) is 0 Å². The summed E-state index contributed by atoms with van der Waals surface area (Å²) in [5.74, 6) is 1.71. The van der Waals surface area contributed by atoms with E-state index in [1.165, 1.54) is 51.0 Å². The van der Waals surface area contributed by atoms with Crippen molar-refractivity contribution in [3.05, 3.63) is 79.8 Å². The van der Waals surface area contributed by atoms with Gasteiger partial charge in [0.05, 0.1) is 22.8 Å². The third-order valence-electron chi connectivity index (χ3n) is 9.51. The van der Waals surface area contributed by atoms with Gasteiger partial charge in [0.2, 0.25) is 0 Å². The molecular weight excluding hydrogens is 801 g/mol. The quantitative estimate of drug-likeness (QED) is 0.189. The molecule has 3 aromatic heterocycles. The number of aromatic nitrogens is 4. The fraction of sp³-hybridized carbons (Fsp3) is 0.512. The zero-order valence-corrected chi connectivity index (χ0v) is 34.7. The summed E-state index contributed by atoms with van der Waals surface area (Å²) < 4.78 is 0. The smallest absolute Gasteiger partial charge is 0.793 e. The first-order valence-electron chi connectivity index (χ1n) is 18.1. The van der Waals surface area contributed by atoms with Gasteiger partial charge in [0.1, 0.15) is 0 Å². The Hall–Kier alpha value is -2.81. The van der Waals surface area contributed by atoms with Crippen LogP contribution in [-0.4, -0.2) is 15.7 Å². The van der Waals surface area contributed by atoms with Gasteiger partial charge in [-0.1, -0.05) is 122 Å². The molecule has 3 aromatic rings. The molecule has 0 spiro atoms. The first-order valence-corrected chi connectivity index (χ1v) is 18.7. The molecule has 6 nitrogen and oxygen atoms in total. The van der Waals surface area contributed by atoms with Gasteiger partial charge in [-0.05, 0) is 79.6 Å². The molecule has 0 aliphatic carbocycles. The minimum atomic E-state index is 0. The number of fused-ring (bicyclic) bond motifs is 8. The number of hydrogen-bond acceptors (Lipinski definition) is 4. The van der Waals surface area contributed by atoms with Gasteiger partial charge in [-0.2, -0.15) is 5.75 Å². The van der Waals surface area contributed by atoms with Crippen molar-refractivity contribution in [1.82, 2.24) is 19.9 Å². The van der Waals surface area contributed by atoms with E-state index in [1.54, 1.807) is 0 Å². The van der Waals surface area contributed by atoms with E-state index >= 15 is 0 Å². The standard InChI is InChI=1S/C36H44N4.C5H12S.NO.Os/c1-9-21-22(10-2)30-18-32-25(13-5)26(14-6)34(39-32)20-36-28(16-8)27(15-7)35(40-36)19-33-24(12-4)23(11-3)31(38-33)17-29(21)37-30;1-5(2)3-4-6;1-2;/h17-20H,9-16H2,1-8H3;5-6H,3-4H2,1-2H3;;/q-2;;-1;+4/p-1. The van der Waals surface area contributed by atoms with E-state index in [1.807, 2.05) is 0 Å². The second-order valence-corrected chi connectivity index (χ2v) is 13.1. The zero-order chi connectivity index (χ0) is 35.5. The van der Waals surface area contributed by atoms with E-state index in [0.717, 1.165) is 108 Å². The average Bonchev–Trinajstić information content (AvgIpc) is 3.80. The molecule has 0 amide bonds. The molecule has 5 heterocycles. The minimum absolute atomic E-state index is 0. The summed E-state index contributed by atoms with van der Waals surface area (Å²) in [7, 11) is 0. The third-order valence-corrected chi connectivity index (χ3v) is 9.75. The Bertz CT molecular complexity index is 1560. The van der Waals surface area contributed by atoms with Gasteiger partial charge in [0.15, 0.2) is 0 Å². The predicted octanol–water partition coefficient (Wildman–Crippen LogP) is 11.2. The average molecular weight is 856 g/mol. The monoisotopic (exact) mass is 857 g/mol. The summed E-state index contributed by atoms with van der Waals surface area (Å²) in [6.07, 6.45) is 8.79. The Labute approximate surface area is 313 Å². The molecule has 0 N–H and O–H groups in total. The summed E-state index contributed by atoms with van der Waals surface area (Å²) in [6, 6.07) is 8.98. The Morgan fingerprint density at radius 3 is 0.918 bits per heavy atom. The molecule has 0 radical (unpaired) electrons. The van der Waals surface area contributed by atoms with Gasteiger partial charge in [0.25, 0.3) is 0 Å². The molecule has 8 bridgehead atoms. The first-order chi connectivity index (χ1) is 23.2. The van der Waals surface area contributed by atoms with Crippen molar-refractivity contribution in [3.63, 3.8) is 0 Å². The number of aryl methyl sites for hydroxylation is 4. The predicted molar refractivity (Wildman–Crippen MR) is 210 cm³/mol. The number of rotatable bonds is 10. The van der Waals surface area contributed by atoms with Crippen LogP contribution in [0.5, 0.6) is 0 Å². The van der Waals surface area contributed by atoms with Crippen LogP contribution in [0.25, 0.3) is 50.0 Å². The molecule has 0 atom stereocenters. The molecule has 8 heteroatoms. The summed E-state index contributed by atoms with van der Waals surface area (Å²) >= 11 is 4.73. The number of nitroso groups, excluding NO2 is 1. The summed E-state index contributed by atoms with van der Waals surface area (Å²) in [5.41, 5.74) is 24.9. The van der Waals surface area contributed by atoms with Crippen LogP contribution in [0.3, 0.4) is 0 Å². The van der Waals surface area contributed by atoms with E-state index in [4.69, 9.17) is 43.1 Å². The molecule has 264 valence electrons. The Kier molecular flexibility index (Phi) is 17.4. The number of allylic oxidation sites excluding steroid dienone is 4. The fourth-order valence-electron chi connectivity index (χ4n) is 7.16. The SMILES string of the molecule is CC(C)CC[S-].CCC1=C(CC)c2cc3[n-]c(cc4nc(cc5[n-]c(cc1n2)c(CC)c5CC)C(CC)=C4CC)c(CC)c3CC.[N-]=O.[Os+4]. The molecule has 5 rings (SSSR count). The van der Waals surface area contributed by atoms with Crippen molar-refractivity contribution in [2.75, 3.05) is 5.75 Å². The van der Waals surface area contributed by atoms with Gasteiger partial charge in [-0.3, -0.25) is 0 Å². The maximum Gasteiger partial charge on any atom is 4.00 e. The molecule has 2 aliphatic heterocycles. The molecule has 0 fully saturated rings. The van der Waals surface area contributed by atoms with Gasteiger partial charge in [0, 0.05) is 0 Å². The van der Waals surface area contributed by atoms with Crippen LogP contribution in [0, 0.1) is 10.8 Å². The van der Waals surface area contributed by atoms with Crippen LogP contribution in [0.1, 0.15) is 146 Å². The van der Waals surface area contributed by atoms with Crippen molar-refractivity contribution in [2.24, 2.45) is 5.92 Å². The Morgan fingerprint density at radius 1 is 0.531 bits per heavy atom. The van der Waals surface area contributed by atoms with Gasteiger partial charge >= 0.3 is 19.8 Å². The Morgan fingerprint density at radius 2 is 0.776 bits per heavy atom. The third kappa shape index (κ3) is 9.11. The summed E-state index contributed by atoms with van der Waals surface area (Å²) in [6.45, 7) is 22.3. The summed E-state index contributed by atoms with van der Waals surface area (Å²) in [4.78, 5) is 28.3. The second kappa shape index (κ2) is 20.1. The molecule has 2 aliphatic rings. The van der Waals surface area contributed by atoms with Crippen molar-refractivity contribution in [2.45, 2.75) is 127 Å². The van der Waals surface area contributed by atoms with Crippen LogP contribution in [0.4, 0.5) is 0 Å². The van der Waals surface area contributed by atoms with Gasteiger partial charge < -0.3 is 33.1 Å². The van der Waals surface area contributed by atoms with Crippen molar-refractivity contribution < 1.29 is 19.8 Å². The van der Waals surface area contributed by atoms with E-state index in [0.29, 0.717) is 0 Å². The van der Waals surface area contributed by atoms with E-state index in [-0.39, 0.29) is 19.8 Å². The van der Waals surface area contributed by atoms with Crippen LogP contribution in [0.15, 0.2) is 24.3 Å². The topological polar surface area (TPSA) is 93.3 Å². The largest absolute Gasteiger partial charge is 4.00 e. The van der Waals surface area contributed by atoms with E-state index < -0.39 is 0 Å². The minimum Gasteiger partial charge on any atom is -0.793 e. The van der Waals surface area contributed by atoms with Crippen molar-refractivity contribution in [3.8, 4) is 0 Å². The van der Waals surface area contributed by atoms with E-state index in [2.05, 4.69) is 93.5 Å². The number of nitrogens with zero attached hydrogens (tertiary/aromatic N) is 5. The zero-order valence-electron chi connectivity index (χ0n) is 31.4. The molecular formula is C41H55N5OOsS. The van der Waals surface area contributed by atoms with Crippen molar-refractivity contribution >= 4 is 57.0 Å². The van der Waals surface area contributed by atoms with Gasteiger partial charge in [-0.25, -0.2) is 9.97 Å². The molecule has 0 saturated carbocycles. The molecule has 0 unspecified atom stereocenters. The molecule has 0 aromatic carbocycles. The second-order valence-electron chi connectivity index (χ2n) is 12.6. The van der Waals surface area contributed by atoms with Crippen LogP contribution >= 0.6 is 0 Å². The molecule has 49 heavy (non-hydrogen) atoms. The summed E-state index contributed by atoms with van der Waals surface area (Å²) in [5, 5.41) is 0. The van der Waals surface area contributed by atoms with Crippen molar-refractivity contribution in [1.29, 1.82) is 0 Å². The maximum atomic E-state index is 7.25. The first kappa shape index (κ1) is 42.4. The maximum absolute atomic E-state index is 7.25.